The number of fused-ring (bicyclic) bond motifs is 11. The standard InChI is InChI=1S/C102H80N6OSi.Pt/c1-100(2,3)70-58-61-103-96(64-70)107-92-51-29-52-93(108-89-48-22-19-42-82(89)83-45-28-53-94(99(83)108)106-87-46-20-17-40-80(87)81-41-18-21-47-88(81)106)97(92)84-56-55-73(66-95(84)107)109-72-32-26-31-71(65-72)104-67-105(91-50-24-23-49-90(91)104)98-78(43-27-44-79(98)69-54-57-85-86(63-69)102(6,7)60-59-101(85,4)5)68-30-25-39-77(62-68)110(74-33-11-8-12-34-74,75-35-13-9-14-36-75)76-37-15-10-16-38-76;/h8-58,61-64H,59-60H2,1-7H3;/q-2;/i4D3,5D3,6D3,7D3,8D,9D,10D,11D,12D,13D,14D,15D,16D,25D,30D,33D,34D,35D,36D,37D,38D,39D,54D,57D,59D2,60D2,62D,63D;. The van der Waals surface area contributed by atoms with Crippen molar-refractivity contribution in [2.45, 2.75) is 77.2 Å². The van der Waals surface area contributed by atoms with E-state index in [-0.39, 0.29) is 54.7 Å². The van der Waals surface area contributed by atoms with Crippen LogP contribution in [0.25, 0.3) is 127 Å². The van der Waals surface area contributed by atoms with Gasteiger partial charge in [-0.05, 0) is 148 Å². The van der Waals surface area contributed by atoms with Gasteiger partial charge in [-0.2, -0.15) is 18.2 Å². The first kappa shape index (κ1) is 39.4. The van der Waals surface area contributed by atoms with Gasteiger partial charge in [-0.25, -0.2) is 4.98 Å². The fourth-order valence-electron chi connectivity index (χ4n) is 15.5. The molecule has 0 unspecified atom stereocenters. The van der Waals surface area contributed by atoms with E-state index in [0.717, 1.165) is 94.2 Å². The number of para-hydroxylation sites is 7. The average Bonchev–Trinajstić information content (AvgIpc) is 1.47. The van der Waals surface area contributed by atoms with Crippen molar-refractivity contribution in [1.82, 2.24) is 23.3 Å². The summed E-state index contributed by atoms with van der Waals surface area (Å²) in [5.41, 5.74) is -10.8. The predicted molar refractivity (Wildman–Crippen MR) is 457 cm³/mol. The molecule has 19 aromatic rings. The molecule has 9 heteroatoms. The third-order valence-electron chi connectivity index (χ3n) is 20.4. The van der Waals surface area contributed by atoms with E-state index >= 15 is 0 Å². The summed E-state index contributed by atoms with van der Waals surface area (Å²) < 4.78 is 381. The van der Waals surface area contributed by atoms with Crippen LogP contribution >= 0.6 is 0 Å². The number of rotatable bonds is 13. The zero-order chi connectivity index (χ0) is 107. The van der Waals surface area contributed by atoms with Gasteiger partial charge in [0.15, 0.2) is 8.07 Å². The quantitative estimate of drug-likeness (QED) is 0.0500. The van der Waals surface area contributed by atoms with Crippen molar-refractivity contribution in [3.05, 3.63) is 368 Å². The molecular weight excluding hydrogens is 1550 g/mol. The fourth-order valence-corrected chi connectivity index (χ4v) is 19.1. The van der Waals surface area contributed by atoms with Gasteiger partial charge in [0.2, 0.25) is 0 Å². The van der Waals surface area contributed by atoms with Crippen LogP contribution in [0.3, 0.4) is 0 Å². The third-order valence-corrected chi connectivity index (χ3v) is 24.4. The summed E-state index contributed by atoms with van der Waals surface area (Å²) in [6.45, 7) is -12.0. The Balaban J connectivity index is 0.0000139. The van der Waals surface area contributed by atoms with E-state index in [4.69, 9.17) is 22.1 Å². The number of hydrogen-bond acceptors (Lipinski definition) is 2. The molecule has 5 aromatic heterocycles. The predicted octanol–water partition coefficient (Wildman–Crippen LogP) is 22.1. The normalized spacial score (nSPS) is 19.8. The van der Waals surface area contributed by atoms with Gasteiger partial charge in [-0.3, -0.25) is 4.57 Å². The van der Waals surface area contributed by atoms with Crippen LogP contribution < -0.4 is 30.1 Å². The van der Waals surface area contributed by atoms with E-state index < -0.39 is 252 Å². The maximum Gasteiger partial charge on any atom is 0.268 e. The smallest absolute Gasteiger partial charge is 0.268 e. The molecule has 1 aliphatic rings. The zero-order valence-electron chi connectivity index (χ0n) is 97.0. The van der Waals surface area contributed by atoms with Crippen molar-refractivity contribution in [3.63, 3.8) is 0 Å². The topological polar surface area (TPSA) is 45.7 Å². The van der Waals surface area contributed by atoms with E-state index in [1.54, 1.807) is 24.4 Å². The second-order valence-corrected chi connectivity index (χ2v) is 31.4. The summed E-state index contributed by atoms with van der Waals surface area (Å²) in [6, 6.07) is 34.9. The molecule has 0 radical (unpaired) electrons. The Morgan fingerprint density at radius 2 is 1.03 bits per heavy atom. The second kappa shape index (κ2) is 26.8. The van der Waals surface area contributed by atoms with Crippen molar-refractivity contribution in [2.75, 3.05) is 0 Å². The Morgan fingerprint density at radius 1 is 0.477 bits per heavy atom. The van der Waals surface area contributed by atoms with Crippen LogP contribution in [0.4, 0.5) is 0 Å². The SMILES string of the molecule is [2H]c1c([2H])c([2H])c([Si](c2c([2H])c([2H])c([2H])c([2H])c2[2H])(c2c([2H])c([2H])c([2H])c([2H])c2[2H])c2c([2H])c([2H])c([2H])c(-c3cccc(-c4c([2H])c([2H])c5c(c4[2H])C(C([2H])([2H])[2H])(C([2H])([2H])[2H])C([2H])([2H])C([2H])([2H])C5(C([2H])([2H])[2H])C([2H])([2H])[2H])c3-[n+]3[c-]n(-c4[c-]c(Oc5[c-]c6c(cc5)c5c(-n7c8ccccc8c8cccc(-n9c%10ccccc%10c%10ccccc%109)c87)cccc5n6-c5cc(C(C)(C)C)ccn5)ccc4)c4ccccc43)c2[2H])c([2H])c1[2H].[Pt]. The van der Waals surface area contributed by atoms with Gasteiger partial charge in [0.05, 0.1) is 74.6 Å². The first-order valence-corrected chi connectivity index (χ1v) is 37.1. The molecule has 14 aromatic carbocycles. The number of nitrogens with zero attached hydrogens (tertiary/aromatic N) is 6. The van der Waals surface area contributed by atoms with Crippen molar-refractivity contribution in [2.24, 2.45) is 0 Å². The minimum Gasteiger partial charge on any atom is -0.510 e. The molecule has 0 amide bonds. The van der Waals surface area contributed by atoms with Gasteiger partial charge in [-0.15, -0.1) is 24.3 Å². The molecule has 20 rings (SSSR count). The minimum atomic E-state index is -6.75. The molecule has 0 bridgehead atoms. The summed E-state index contributed by atoms with van der Waals surface area (Å²) in [4.78, 5) is 5.06. The maximum atomic E-state index is 11.2. The molecule has 0 atom stereocenters. The largest absolute Gasteiger partial charge is 0.510 e. The number of pyridine rings is 1. The average molecular weight is 1670 g/mol. The van der Waals surface area contributed by atoms with Crippen LogP contribution in [0, 0.1) is 18.5 Å². The molecule has 0 spiro atoms. The van der Waals surface area contributed by atoms with E-state index in [0.29, 0.717) is 16.7 Å². The number of ether oxygens (including phenoxy) is 1. The van der Waals surface area contributed by atoms with E-state index in [1.165, 1.54) is 34.9 Å². The van der Waals surface area contributed by atoms with Crippen LogP contribution in [-0.4, -0.2) is 31.3 Å². The second-order valence-electron chi connectivity index (χ2n) is 27.9. The first-order chi connectivity index (χ1) is 69.4. The van der Waals surface area contributed by atoms with E-state index in [2.05, 4.69) is 109 Å². The summed E-state index contributed by atoms with van der Waals surface area (Å²) >= 11 is 0. The molecule has 7 nitrogen and oxygen atoms in total. The molecule has 540 valence electrons. The molecule has 111 heavy (non-hydrogen) atoms. The van der Waals surface area contributed by atoms with Gasteiger partial charge < -0.3 is 23.0 Å². The minimum absolute atomic E-state index is 0. The third kappa shape index (κ3) is 11.2. The van der Waals surface area contributed by atoms with Crippen LogP contribution in [0.2, 0.25) is 0 Å². The summed E-state index contributed by atoms with van der Waals surface area (Å²) in [5, 5.41) is 0.523. The molecule has 0 N–H and O–H groups in total. The van der Waals surface area contributed by atoms with Crippen molar-refractivity contribution >= 4 is 105 Å². The van der Waals surface area contributed by atoms with Crippen molar-refractivity contribution in [3.8, 4) is 62.3 Å². The number of aromatic nitrogens is 6. The van der Waals surface area contributed by atoms with Gasteiger partial charge in [0, 0.05) is 93.4 Å². The van der Waals surface area contributed by atoms with Crippen LogP contribution in [0.1, 0.15) is 130 Å². The Kier molecular flexibility index (Phi) is 9.54. The van der Waals surface area contributed by atoms with Crippen LogP contribution in [-0.2, 0) is 37.3 Å². The Labute approximate surface area is 716 Å². The van der Waals surface area contributed by atoms with Gasteiger partial charge >= 0.3 is 0 Å². The summed E-state index contributed by atoms with van der Waals surface area (Å²) in [6.07, 6.45) is -4.73. The summed E-state index contributed by atoms with van der Waals surface area (Å²) in [5.74, 6) is 0.594. The molecule has 1 aliphatic carbocycles. The van der Waals surface area contributed by atoms with Gasteiger partial charge in [-0.1, -0.05) is 307 Å². The Bertz CT molecular complexity index is 8680. The van der Waals surface area contributed by atoms with Crippen LogP contribution in [0.15, 0.2) is 333 Å². The first-order valence-electron chi connectivity index (χ1n) is 54.1. The van der Waals surface area contributed by atoms with E-state index in [9.17, 15) is 39.8 Å². The number of benzene rings is 14. The van der Waals surface area contributed by atoms with Crippen LogP contribution in [0.5, 0.6) is 11.5 Å². The molecule has 0 fully saturated rings. The monoisotopic (exact) mass is 1670 g/mol. The van der Waals surface area contributed by atoms with Crippen molar-refractivity contribution in [1.29, 1.82) is 0 Å². The maximum absolute atomic E-state index is 11.2. The van der Waals surface area contributed by atoms with E-state index in [1.807, 2.05) is 71.3 Å². The molecule has 0 saturated carbocycles. The number of hydrogen-bond donors (Lipinski definition) is 0. The van der Waals surface area contributed by atoms with Gasteiger partial charge in [0.1, 0.15) is 5.82 Å². The zero-order valence-corrected chi connectivity index (χ0v) is 62.2. The summed E-state index contributed by atoms with van der Waals surface area (Å²) in [7, 11) is -6.75. The van der Waals surface area contributed by atoms with Crippen molar-refractivity contribution < 1.29 is 82.5 Å². The number of imidazole rings is 1. The molecular formula is C102H80N6OPtSi-2. The molecule has 0 saturated heterocycles. The molecule has 5 heterocycles. The van der Waals surface area contributed by atoms with Gasteiger partial charge in [0.25, 0.3) is 6.33 Å². The Hall–Kier alpha value is -12.2. The fraction of sp³-hybridized carbons (Fsp3) is 0.118. The molecule has 0 aliphatic heterocycles. The Morgan fingerprint density at radius 3 is 1.69 bits per heavy atom.